The molecule has 0 aliphatic carbocycles. The fourth-order valence-electron chi connectivity index (χ4n) is 1.79. The van der Waals surface area contributed by atoms with E-state index in [1.165, 1.54) is 12.0 Å². The largest absolute Gasteiger partial charge is 0.492 e. The summed E-state index contributed by atoms with van der Waals surface area (Å²) in [4.78, 5) is 0. The van der Waals surface area contributed by atoms with Gasteiger partial charge in [0.25, 0.3) is 0 Å². The molecule has 0 aliphatic rings. The Hall–Kier alpha value is -1.22. The van der Waals surface area contributed by atoms with Crippen LogP contribution in [0, 0.1) is 5.92 Å². The fourth-order valence-corrected chi connectivity index (χ4v) is 1.79. The second-order valence-electron chi connectivity index (χ2n) is 4.99. The van der Waals surface area contributed by atoms with E-state index in [2.05, 4.69) is 25.2 Å². The number of benzene rings is 1. The van der Waals surface area contributed by atoms with Gasteiger partial charge in [0.1, 0.15) is 5.75 Å². The molecule has 0 saturated heterocycles. The topological polar surface area (TPSA) is 47.3 Å². The Morgan fingerprint density at radius 1 is 1.28 bits per heavy atom. The average molecular weight is 250 g/mol. The molecule has 18 heavy (non-hydrogen) atoms. The molecule has 1 rings (SSSR count). The number of hydrogen-bond acceptors (Lipinski definition) is 3. The maximum absolute atomic E-state index is 5.93. The zero-order chi connectivity index (χ0) is 13.4. The summed E-state index contributed by atoms with van der Waals surface area (Å²) in [5, 5.41) is 3.45. The molecule has 0 amide bonds. The maximum atomic E-state index is 5.93. The van der Waals surface area contributed by atoms with E-state index in [0.29, 0.717) is 6.61 Å². The van der Waals surface area contributed by atoms with E-state index < -0.39 is 0 Å². The maximum Gasteiger partial charge on any atom is 0.142 e. The van der Waals surface area contributed by atoms with Gasteiger partial charge in [-0.2, -0.15) is 0 Å². The third-order valence-corrected chi connectivity index (χ3v) is 2.86. The smallest absolute Gasteiger partial charge is 0.142 e. The van der Waals surface area contributed by atoms with Gasteiger partial charge >= 0.3 is 0 Å². The molecule has 3 N–H and O–H groups in total. The van der Waals surface area contributed by atoms with Crippen LogP contribution >= 0.6 is 0 Å². The Balaban J connectivity index is 2.32. The lowest BCUT2D eigenvalue weighted by atomic mass is 10.1. The van der Waals surface area contributed by atoms with E-state index in [9.17, 15) is 0 Å². The van der Waals surface area contributed by atoms with Gasteiger partial charge in [0.2, 0.25) is 0 Å². The fraction of sp³-hybridized carbons (Fsp3) is 0.600. The zero-order valence-electron chi connectivity index (χ0n) is 11.8. The number of rotatable bonds is 8. The number of nitrogens with two attached hydrogens (primary N) is 1. The summed E-state index contributed by atoms with van der Waals surface area (Å²) in [6.07, 6.45) is 2.24. The number of anilines is 1. The molecule has 0 bridgehead atoms. The average Bonchev–Trinajstić information content (AvgIpc) is 2.32. The van der Waals surface area contributed by atoms with Gasteiger partial charge < -0.3 is 15.8 Å². The lowest BCUT2D eigenvalue weighted by Crippen LogP contribution is -2.19. The van der Waals surface area contributed by atoms with E-state index >= 15 is 0 Å². The number of nitrogen functional groups attached to an aromatic ring is 1. The van der Waals surface area contributed by atoms with E-state index in [0.717, 1.165) is 36.9 Å². The summed E-state index contributed by atoms with van der Waals surface area (Å²) < 4.78 is 5.42. The van der Waals surface area contributed by atoms with Crippen molar-refractivity contribution in [1.29, 1.82) is 0 Å². The van der Waals surface area contributed by atoms with Gasteiger partial charge in [0, 0.05) is 0 Å². The van der Waals surface area contributed by atoms with E-state index in [-0.39, 0.29) is 0 Å². The first-order valence-corrected chi connectivity index (χ1v) is 6.85. The quantitative estimate of drug-likeness (QED) is 0.551. The van der Waals surface area contributed by atoms with Crippen molar-refractivity contribution in [2.45, 2.75) is 33.6 Å². The molecule has 0 radical (unpaired) electrons. The summed E-state index contributed by atoms with van der Waals surface area (Å²) in [5.41, 5.74) is 7.92. The standard InChI is InChI=1S/C15H26N2O/c1-4-18-15-6-5-13(11-14(15)16)8-10-17-9-7-12(2)3/h5-6,11-12,17H,4,7-10,16H2,1-3H3. The van der Waals surface area contributed by atoms with Crippen molar-refractivity contribution < 1.29 is 4.74 Å². The zero-order valence-corrected chi connectivity index (χ0v) is 11.8. The van der Waals surface area contributed by atoms with E-state index in [1.807, 2.05) is 19.1 Å². The van der Waals surface area contributed by atoms with Gasteiger partial charge in [0.05, 0.1) is 12.3 Å². The summed E-state index contributed by atoms with van der Waals surface area (Å²) in [6.45, 7) is 9.19. The minimum absolute atomic E-state index is 0.653. The molecule has 3 heteroatoms. The molecule has 0 fully saturated rings. The number of ether oxygens (including phenoxy) is 1. The van der Waals surface area contributed by atoms with Gasteiger partial charge in [0.15, 0.2) is 0 Å². The highest BCUT2D eigenvalue weighted by Gasteiger charge is 2.01. The van der Waals surface area contributed by atoms with Crippen molar-refractivity contribution in [3.8, 4) is 5.75 Å². The predicted octanol–water partition coefficient (Wildman–Crippen LogP) is 2.85. The molecule has 0 unspecified atom stereocenters. The summed E-state index contributed by atoms with van der Waals surface area (Å²) in [5.74, 6) is 1.55. The van der Waals surface area contributed by atoms with Gasteiger partial charge in [-0.05, 0) is 56.5 Å². The first-order chi connectivity index (χ1) is 8.63. The molecule has 0 atom stereocenters. The normalized spacial score (nSPS) is 10.9. The molecule has 102 valence electrons. The molecule has 0 aliphatic heterocycles. The Labute approximate surface area is 111 Å². The van der Waals surface area contributed by atoms with Crippen molar-refractivity contribution in [2.75, 3.05) is 25.4 Å². The summed E-state index contributed by atoms with van der Waals surface area (Å²) >= 11 is 0. The first kappa shape index (κ1) is 14.8. The highest BCUT2D eigenvalue weighted by molar-refractivity contribution is 5.54. The molecular formula is C15H26N2O. The predicted molar refractivity (Wildman–Crippen MR) is 78.1 cm³/mol. The van der Waals surface area contributed by atoms with Crippen LogP contribution in [0.3, 0.4) is 0 Å². The number of hydrogen-bond donors (Lipinski definition) is 2. The third-order valence-electron chi connectivity index (χ3n) is 2.86. The Bertz CT molecular complexity index is 350. The summed E-state index contributed by atoms with van der Waals surface area (Å²) in [7, 11) is 0. The van der Waals surface area contributed by atoms with Crippen molar-refractivity contribution in [3.63, 3.8) is 0 Å². The van der Waals surface area contributed by atoms with Crippen molar-refractivity contribution in [1.82, 2.24) is 5.32 Å². The molecular weight excluding hydrogens is 224 g/mol. The Kier molecular flexibility index (Phi) is 6.58. The van der Waals surface area contributed by atoms with Crippen molar-refractivity contribution in [3.05, 3.63) is 23.8 Å². The molecule has 0 aromatic heterocycles. The Morgan fingerprint density at radius 2 is 2.06 bits per heavy atom. The van der Waals surface area contributed by atoms with Crippen LogP contribution < -0.4 is 15.8 Å². The van der Waals surface area contributed by atoms with Gasteiger partial charge in [-0.1, -0.05) is 19.9 Å². The second kappa shape index (κ2) is 7.98. The molecule has 0 heterocycles. The highest BCUT2D eigenvalue weighted by Crippen LogP contribution is 2.22. The minimum Gasteiger partial charge on any atom is -0.492 e. The minimum atomic E-state index is 0.653. The van der Waals surface area contributed by atoms with Crippen molar-refractivity contribution in [2.24, 2.45) is 5.92 Å². The summed E-state index contributed by atoms with van der Waals surface area (Å²) in [6, 6.07) is 6.06. The van der Waals surface area contributed by atoms with E-state index in [4.69, 9.17) is 10.5 Å². The first-order valence-electron chi connectivity index (χ1n) is 6.85. The molecule has 0 spiro atoms. The second-order valence-corrected chi connectivity index (χ2v) is 4.99. The SMILES string of the molecule is CCOc1ccc(CCNCCC(C)C)cc1N. The monoisotopic (exact) mass is 250 g/mol. The van der Waals surface area contributed by atoms with Gasteiger partial charge in [-0.25, -0.2) is 0 Å². The van der Waals surface area contributed by atoms with Crippen LogP contribution in [0.5, 0.6) is 5.75 Å². The van der Waals surface area contributed by atoms with Crippen LogP contribution in [0.1, 0.15) is 32.8 Å². The van der Waals surface area contributed by atoms with Crippen molar-refractivity contribution >= 4 is 5.69 Å². The Morgan fingerprint density at radius 3 is 2.67 bits per heavy atom. The van der Waals surface area contributed by atoms with Crippen LogP contribution in [0.15, 0.2) is 18.2 Å². The molecule has 3 nitrogen and oxygen atoms in total. The van der Waals surface area contributed by atoms with Crippen LogP contribution in [0.2, 0.25) is 0 Å². The van der Waals surface area contributed by atoms with Gasteiger partial charge in [-0.15, -0.1) is 0 Å². The molecule has 1 aromatic rings. The molecule has 1 aromatic carbocycles. The van der Waals surface area contributed by atoms with Crippen LogP contribution in [-0.2, 0) is 6.42 Å². The van der Waals surface area contributed by atoms with Crippen LogP contribution in [0.25, 0.3) is 0 Å². The number of nitrogens with one attached hydrogen (secondary N) is 1. The van der Waals surface area contributed by atoms with E-state index in [1.54, 1.807) is 0 Å². The molecule has 0 saturated carbocycles. The lowest BCUT2D eigenvalue weighted by molar-refractivity contribution is 0.342. The van der Waals surface area contributed by atoms with Gasteiger partial charge in [-0.3, -0.25) is 0 Å². The van der Waals surface area contributed by atoms with Crippen LogP contribution in [-0.4, -0.2) is 19.7 Å². The highest BCUT2D eigenvalue weighted by atomic mass is 16.5. The van der Waals surface area contributed by atoms with Crippen LogP contribution in [0.4, 0.5) is 5.69 Å². The third kappa shape index (κ3) is 5.41. The lowest BCUT2D eigenvalue weighted by Gasteiger charge is -2.10.